The summed E-state index contributed by atoms with van der Waals surface area (Å²) in [7, 11) is -2.25. The van der Waals surface area contributed by atoms with Crippen molar-refractivity contribution in [3.05, 3.63) is 59.2 Å². The van der Waals surface area contributed by atoms with Gasteiger partial charge in [0.1, 0.15) is 0 Å². The SMILES string of the molecule is Cc1ccc(C)c(N(C)S(=O)(=O)c2ccc(C(=O)O)cc2)c1. The minimum Gasteiger partial charge on any atom is -0.478 e. The standard InChI is InChI=1S/C16H17NO4S/c1-11-4-5-12(2)15(10-11)17(3)22(20,21)14-8-6-13(7-9-14)16(18)19/h4-10H,1-3H3,(H,18,19). The second kappa shape index (κ2) is 5.81. The van der Waals surface area contributed by atoms with Gasteiger partial charge in [-0.15, -0.1) is 0 Å². The molecule has 0 radical (unpaired) electrons. The average molecular weight is 319 g/mol. The maximum atomic E-state index is 12.7. The van der Waals surface area contributed by atoms with E-state index in [9.17, 15) is 13.2 Å². The van der Waals surface area contributed by atoms with Gasteiger partial charge in [0.2, 0.25) is 0 Å². The number of carboxylic acids is 1. The molecule has 0 amide bonds. The summed E-state index contributed by atoms with van der Waals surface area (Å²) in [6.07, 6.45) is 0. The second-order valence-corrected chi connectivity index (χ2v) is 7.06. The fourth-order valence-corrected chi connectivity index (χ4v) is 3.37. The lowest BCUT2D eigenvalue weighted by Gasteiger charge is -2.22. The van der Waals surface area contributed by atoms with E-state index in [2.05, 4.69) is 0 Å². The predicted molar refractivity (Wildman–Crippen MR) is 84.9 cm³/mol. The molecule has 2 aromatic rings. The van der Waals surface area contributed by atoms with Crippen LogP contribution < -0.4 is 4.31 Å². The molecule has 0 saturated heterocycles. The average Bonchev–Trinajstić information content (AvgIpc) is 2.49. The number of carboxylic acid groups (broad SMARTS) is 1. The summed E-state index contributed by atoms with van der Waals surface area (Å²) in [4.78, 5) is 10.9. The first kappa shape index (κ1) is 16.0. The molecule has 0 aliphatic heterocycles. The van der Waals surface area contributed by atoms with Gasteiger partial charge in [-0.05, 0) is 55.3 Å². The molecule has 0 spiro atoms. The van der Waals surface area contributed by atoms with Crippen molar-refractivity contribution < 1.29 is 18.3 Å². The van der Waals surface area contributed by atoms with Crippen molar-refractivity contribution in [1.29, 1.82) is 0 Å². The van der Waals surface area contributed by atoms with Crippen molar-refractivity contribution in [2.75, 3.05) is 11.4 Å². The monoisotopic (exact) mass is 319 g/mol. The van der Waals surface area contributed by atoms with Crippen molar-refractivity contribution in [2.24, 2.45) is 0 Å². The molecule has 0 aromatic heterocycles. The second-order valence-electron chi connectivity index (χ2n) is 5.09. The largest absolute Gasteiger partial charge is 0.478 e. The fraction of sp³-hybridized carbons (Fsp3) is 0.188. The Morgan fingerprint density at radius 3 is 2.18 bits per heavy atom. The first-order valence-corrected chi connectivity index (χ1v) is 8.07. The molecule has 0 atom stereocenters. The van der Waals surface area contributed by atoms with Crippen molar-refractivity contribution in [3.8, 4) is 0 Å². The van der Waals surface area contributed by atoms with Crippen LogP contribution in [0.2, 0.25) is 0 Å². The Labute approximate surface area is 129 Å². The van der Waals surface area contributed by atoms with E-state index < -0.39 is 16.0 Å². The summed E-state index contributed by atoms with van der Waals surface area (Å²) in [5.74, 6) is -1.09. The van der Waals surface area contributed by atoms with Crippen molar-refractivity contribution in [3.63, 3.8) is 0 Å². The molecule has 0 saturated carbocycles. The van der Waals surface area contributed by atoms with Gasteiger partial charge in [0.05, 0.1) is 16.1 Å². The Kier molecular flexibility index (Phi) is 4.23. The van der Waals surface area contributed by atoms with E-state index in [1.165, 1.54) is 35.6 Å². The molecule has 0 bridgehead atoms. The topological polar surface area (TPSA) is 74.7 Å². The number of aromatic carboxylic acids is 1. The lowest BCUT2D eigenvalue weighted by molar-refractivity contribution is 0.0696. The van der Waals surface area contributed by atoms with Gasteiger partial charge in [0.25, 0.3) is 10.0 Å². The van der Waals surface area contributed by atoms with Crippen LogP contribution in [-0.2, 0) is 10.0 Å². The molecule has 0 fully saturated rings. The first-order chi connectivity index (χ1) is 10.2. The number of hydrogen-bond acceptors (Lipinski definition) is 3. The summed E-state index contributed by atoms with van der Waals surface area (Å²) in [5, 5.41) is 8.87. The Hall–Kier alpha value is -2.34. The number of rotatable bonds is 4. The van der Waals surface area contributed by atoms with Crippen molar-refractivity contribution in [1.82, 2.24) is 0 Å². The number of sulfonamides is 1. The molecule has 0 unspecified atom stereocenters. The van der Waals surface area contributed by atoms with Crippen LogP contribution in [0.1, 0.15) is 21.5 Å². The van der Waals surface area contributed by atoms with Gasteiger partial charge in [-0.3, -0.25) is 4.31 Å². The highest BCUT2D eigenvalue weighted by molar-refractivity contribution is 7.92. The lowest BCUT2D eigenvalue weighted by Crippen LogP contribution is -2.27. The van der Waals surface area contributed by atoms with Gasteiger partial charge in [-0.1, -0.05) is 12.1 Å². The van der Waals surface area contributed by atoms with E-state index in [0.717, 1.165) is 11.1 Å². The molecule has 116 valence electrons. The van der Waals surface area contributed by atoms with Crippen LogP contribution in [0.3, 0.4) is 0 Å². The quantitative estimate of drug-likeness (QED) is 0.940. The summed E-state index contributed by atoms with van der Waals surface area (Å²) in [6, 6.07) is 10.8. The lowest BCUT2D eigenvalue weighted by atomic mass is 10.1. The molecule has 2 aromatic carbocycles. The van der Waals surface area contributed by atoms with Crippen LogP contribution in [0.5, 0.6) is 0 Å². The van der Waals surface area contributed by atoms with Crippen molar-refractivity contribution >= 4 is 21.7 Å². The van der Waals surface area contributed by atoms with E-state index in [-0.39, 0.29) is 10.5 Å². The summed E-state index contributed by atoms with van der Waals surface area (Å²) >= 11 is 0. The normalized spacial score (nSPS) is 11.2. The van der Waals surface area contributed by atoms with E-state index >= 15 is 0 Å². The molecule has 2 rings (SSSR count). The van der Waals surface area contributed by atoms with E-state index in [1.807, 2.05) is 26.0 Å². The predicted octanol–water partition coefficient (Wildman–Crippen LogP) is 2.83. The number of aryl methyl sites for hydroxylation is 2. The molecule has 22 heavy (non-hydrogen) atoms. The van der Waals surface area contributed by atoms with Crippen LogP contribution in [0, 0.1) is 13.8 Å². The number of nitrogens with zero attached hydrogens (tertiary/aromatic N) is 1. The highest BCUT2D eigenvalue weighted by atomic mass is 32.2. The smallest absolute Gasteiger partial charge is 0.335 e. The van der Waals surface area contributed by atoms with Crippen LogP contribution in [-0.4, -0.2) is 26.5 Å². The molecule has 5 nitrogen and oxygen atoms in total. The summed E-state index contributed by atoms with van der Waals surface area (Å²) in [5.41, 5.74) is 2.46. The molecule has 1 N–H and O–H groups in total. The number of benzene rings is 2. The summed E-state index contributed by atoms with van der Waals surface area (Å²) < 4.78 is 26.5. The van der Waals surface area contributed by atoms with Crippen LogP contribution in [0.15, 0.2) is 47.4 Å². The van der Waals surface area contributed by atoms with Crippen LogP contribution in [0.4, 0.5) is 5.69 Å². The molecule has 0 aliphatic rings. The van der Waals surface area contributed by atoms with Gasteiger partial charge in [-0.25, -0.2) is 13.2 Å². The third-order valence-electron chi connectivity index (χ3n) is 3.46. The molecular weight excluding hydrogens is 302 g/mol. The number of hydrogen-bond donors (Lipinski definition) is 1. The maximum Gasteiger partial charge on any atom is 0.335 e. The minimum absolute atomic E-state index is 0.0494. The zero-order valence-corrected chi connectivity index (χ0v) is 13.4. The third kappa shape index (κ3) is 2.96. The van der Waals surface area contributed by atoms with Gasteiger partial charge in [0.15, 0.2) is 0 Å². The number of carbonyl (C=O) groups is 1. The molecule has 0 heterocycles. The third-order valence-corrected chi connectivity index (χ3v) is 5.25. The Morgan fingerprint density at radius 2 is 1.64 bits per heavy atom. The zero-order valence-electron chi connectivity index (χ0n) is 12.6. The van der Waals surface area contributed by atoms with Gasteiger partial charge < -0.3 is 5.11 Å². The zero-order chi connectivity index (χ0) is 16.5. The Balaban J connectivity index is 2.45. The Bertz CT molecular complexity index is 811. The maximum absolute atomic E-state index is 12.7. The molecular formula is C16H17NO4S. The molecule has 6 heteroatoms. The Morgan fingerprint density at radius 1 is 1.05 bits per heavy atom. The van der Waals surface area contributed by atoms with Crippen molar-refractivity contribution in [2.45, 2.75) is 18.7 Å². The highest BCUT2D eigenvalue weighted by Crippen LogP contribution is 2.26. The van der Waals surface area contributed by atoms with Crippen LogP contribution in [0.25, 0.3) is 0 Å². The first-order valence-electron chi connectivity index (χ1n) is 6.63. The fourth-order valence-electron chi connectivity index (χ4n) is 2.12. The number of anilines is 1. The highest BCUT2D eigenvalue weighted by Gasteiger charge is 2.22. The molecule has 0 aliphatic carbocycles. The van der Waals surface area contributed by atoms with E-state index in [4.69, 9.17) is 5.11 Å². The van der Waals surface area contributed by atoms with Gasteiger partial charge in [0, 0.05) is 7.05 Å². The van der Waals surface area contributed by atoms with E-state index in [0.29, 0.717) is 5.69 Å². The van der Waals surface area contributed by atoms with E-state index in [1.54, 1.807) is 6.07 Å². The summed E-state index contributed by atoms with van der Waals surface area (Å²) in [6.45, 7) is 3.74. The van der Waals surface area contributed by atoms with Crippen LogP contribution >= 0.6 is 0 Å². The minimum atomic E-state index is -3.73. The van der Waals surface area contributed by atoms with Gasteiger partial charge >= 0.3 is 5.97 Å². The van der Waals surface area contributed by atoms with Gasteiger partial charge in [-0.2, -0.15) is 0 Å².